The molecule has 0 saturated carbocycles. The van der Waals surface area contributed by atoms with Gasteiger partial charge in [-0.05, 0) is 0 Å². The maximum atomic E-state index is 10.5. The molecule has 6 nitrogen and oxygen atoms in total. The second-order valence-corrected chi connectivity index (χ2v) is 4.50. The summed E-state index contributed by atoms with van der Waals surface area (Å²) >= 11 is 0. The molecule has 0 bridgehead atoms. The molecule has 0 heterocycles. The normalized spacial score (nSPS) is 11.9. The summed E-state index contributed by atoms with van der Waals surface area (Å²) in [5, 5.41) is 1.68. The van der Waals surface area contributed by atoms with E-state index in [0.29, 0.717) is 24.5 Å². The predicted octanol–water partition coefficient (Wildman–Crippen LogP) is 0.441. The van der Waals surface area contributed by atoms with Crippen LogP contribution in [0.4, 0.5) is 0 Å². The summed E-state index contributed by atoms with van der Waals surface area (Å²) in [6.45, 7) is 3.65. The lowest BCUT2D eigenvalue weighted by Crippen LogP contribution is -2.44. The van der Waals surface area contributed by atoms with Gasteiger partial charge < -0.3 is 9.47 Å². The zero-order valence-electron chi connectivity index (χ0n) is 11.6. The minimum Gasteiger partial charge on any atom is -0.463 e. The van der Waals surface area contributed by atoms with E-state index in [2.05, 4.69) is 0 Å². The van der Waals surface area contributed by atoms with Gasteiger partial charge in [-0.15, -0.1) is 10.0 Å². The van der Waals surface area contributed by atoms with Gasteiger partial charge in [0.2, 0.25) is 0 Å². The molecule has 0 aliphatic carbocycles. The second-order valence-electron chi connectivity index (χ2n) is 4.50. The molecule has 0 rings (SSSR count). The van der Waals surface area contributed by atoms with Crippen LogP contribution in [0, 0.1) is 0 Å². The number of rotatable bonds is 9. The largest absolute Gasteiger partial charge is 0.463 e. The molecule has 0 spiro atoms. The van der Waals surface area contributed by atoms with Gasteiger partial charge in [0.15, 0.2) is 0 Å². The van der Waals surface area contributed by atoms with E-state index in [0.717, 1.165) is 13.0 Å². The fourth-order valence-electron chi connectivity index (χ4n) is 1.38. The van der Waals surface area contributed by atoms with Crippen molar-refractivity contribution in [2.45, 2.75) is 13.3 Å². The maximum absolute atomic E-state index is 10.5. The first-order valence-corrected chi connectivity index (χ1v) is 5.74. The first-order chi connectivity index (χ1) is 7.83. The SMILES string of the molecule is CC(=O)OCCOCCC[N+](C)(C)ON(C)C. The molecule has 0 fully saturated rings. The summed E-state index contributed by atoms with van der Waals surface area (Å²) in [5.41, 5.74) is 0. The van der Waals surface area contributed by atoms with Gasteiger partial charge in [-0.1, -0.05) is 0 Å². The fourth-order valence-corrected chi connectivity index (χ4v) is 1.38. The van der Waals surface area contributed by atoms with Crippen molar-refractivity contribution in [3.63, 3.8) is 0 Å². The summed E-state index contributed by atoms with van der Waals surface area (Å²) in [5.74, 6) is -0.272. The summed E-state index contributed by atoms with van der Waals surface area (Å²) < 4.78 is 10.5. The highest BCUT2D eigenvalue weighted by atomic mass is 16.9. The van der Waals surface area contributed by atoms with Gasteiger partial charge in [-0.3, -0.25) is 4.79 Å². The third kappa shape index (κ3) is 11.6. The van der Waals surface area contributed by atoms with Crippen LogP contribution in [0.5, 0.6) is 0 Å². The first kappa shape index (κ1) is 16.3. The Hall–Kier alpha value is -0.690. The van der Waals surface area contributed by atoms with E-state index in [1.54, 1.807) is 5.06 Å². The van der Waals surface area contributed by atoms with E-state index in [-0.39, 0.29) is 5.97 Å². The first-order valence-electron chi connectivity index (χ1n) is 5.74. The standard InChI is InChI=1S/C11H25N2O4/c1-11(14)16-10-9-15-8-6-7-13(4,5)17-12(2)3/h6-10H2,1-5H3/q+1. The van der Waals surface area contributed by atoms with Crippen LogP contribution in [0.25, 0.3) is 0 Å². The van der Waals surface area contributed by atoms with Gasteiger partial charge in [0.25, 0.3) is 0 Å². The fraction of sp³-hybridized carbons (Fsp3) is 0.909. The van der Waals surface area contributed by atoms with Gasteiger partial charge in [-0.2, -0.15) is 4.65 Å². The van der Waals surface area contributed by atoms with Crippen molar-refractivity contribution >= 4 is 5.97 Å². The van der Waals surface area contributed by atoms with Gasteiger partial charge in [0.1, 0.15) is 27.2 Å². The van der Waals surface area contributed by atoms with E-state index in [9.17, 15) is 4.79 Å². The molecule has 0 atom stereocenters. The van der Waals surface area contributed by atoms with Gasteiger partial charge >= 0.3 is 5.97 Å². The number of hydroxylamine groups is 5. The van der Waals surface area contributed by atoms with Crippen LogP contribution in [0.2, 0.25) is 0 Å². The van der Waals surface area contributed by atoms with Crippen molar-refractivity contribution < 1.29 is 23.9 Å². The van der Waals surface area contributed by atoms with E-state index in [4.69, 9.17) is 14.4 Å². The molecule has 0 aromatic rings. The highest BCUT2D eigenvalue weighted by Crippen LogP contribution is 2.02. The number of quaternary nitrogens is 1. The van der Waals surface area contributed by atoms with Crippen LogP contribution in [0.15, 0.2) is 0 Å². The van der Waals surface area contributed by atoms with Gasteiger partial charge in [-0.25, -0.2) is 0 Å². The zero-order valence-corrected chi connectivity index (χ0v) is 11.6. The zero-order chi connectivity index (χ0) is 13.3. The molecule has 6 heteroatoms. The summed E-state index contributed by atoms with van der Waals surface area (Å²) in [6.07, 6.45) is 0.890. The van der Waals surface area contributed by atoms with Crippen LogP contribution in [0.3, 0.4) is 0 Å². The molecule has 0 N–H and O–H groups in total. The number of esters is 1. The van der Waals surface area contributed by atoms with Gasteiger partial charge in [0.05, 0.1) is 13.2 Å². The number of ether oxygens (including phenoxy) is 2. The Balaban J connectivity index is 3.41. The Morgan fingerprint density at radius 3 is 2.35 bits per heavy atom. The monoisotopic (exact) mass is 249 g/mol. The van der Waals surface area contributed by atoms with Crippen LogP contribution < -0.4 is 0 Å². The Morgan fingerprint density at radius 2 is 1.82 bits per heavy atom. The number of hydrogen-bond acceptors (Lipinski definition) is 5. The predicted molar refractivity (Wildman–Crippen MR) is 63.8 cm³/mol. The molecular formula is C11H25N2O4+. The van der Waals surface area contributed by atoms with Crippen LogP contribution in [0.1, 0.15) is 13.3 Å². The molecule has 0 radical (unpaired) electrons. The molecule has 0 aromatic carbocycles. The smallest absolute Gasteiger partial charge is 0.302 e. The van der Waals surface area contributed by atoms with Crippen molar-refractivity contribution in [1.29, 1.82) is 0 Å². The summed E-state index contributed by atoms with van der Waals surface area (Å²) in [4.78, 5) is 16.0. The molecular weight excluding hydrogens is 224 g/mol. The van der Waals surface area contributed by atoms with Crippen molar-refractivity contribution in [2.24, 2.45) is 0 Å². The number of carbonyl (C=O) groups is 1. The second kappa shape index (κ2) is 8.41. The van der Waals surface area contributed by atoms with Crippen molar-refractivity contribution in [3.05, 3.63) is 0 Å². The number of hydrogen-bond donors (Lipinski definition) is 0. The lowest BCUT2D eigenvalue weighted by molar-refractivity contribution is -1.10. The minimum atomic E-state index is -0.272. The summed E-state index contributed by atoms with van der Waals surface area (Å²) in [6, 6.07) is 0. The number of nitrogens with zero attached hydrogens (tertiary/aromatic N) is 2. The van der Waals surface area contributed by atoms with E-state index in [1.165, 1.54) is 6.92 Å². The Labute approximate surface area is 104 Å². The lowest BCUT2D eigenvalue weighted by atomic mass is 10.4. The molecule has 0 unspecified atom stereocenters. The highest BCUT2D eigenvalue weighted by molar-refractivity contribution is 5.65. The van der Waals surface area contributed by atoms with Crippen LogP contribution >= 0.6 is 0 Å². The van der Waals surface area contributed by atoms with Crippen molar-refractivity contribution in [1.82, 2.24) is 5.06 Å². The quantitative estimate of drug-likeness (QED) is 0.257. The maximum Gasteiger partial charge on any atom is 0.302 e. The van der Waals surface area contributed by atoms with E-state index < -0.39 is 0 Å². The van der Waals surface area contributed by atoms with E-state index >= 15 is 0 Å². The molecule has 17 heavy (non-hydrogen) atoms. The van der Waals surface area contributed by atoms with Crippen LogP contribution in [-0.4, -0.2) is 70.2 Å². The topological polar surface area (TPSA) is 48.0 Å². The van der Waals surface area contributed by atoms with Gasteiger partial charge in [0, 0.05) is 27.4 Å². The Bertz CT molecular complexity index is 220. The summed E-state index contributed by atoms with van der Waals surface area (Å²) in [7, 11) is 7.68. The average molecular weight is 249 g/mol. The minimum absolute atomic E-state index is 0.272. The molecule has 0 amide bonds. The highest BCUT2D eigenvalue weighted by Gasteiger charge is 2.17. The molecule has 0 aliphatic heterocycles. The Morgan fingerprint density at radius 1 is 1.18 bits per heavy atom. The molecule has 0 aromatic heterocycles. The third-order valence-electron chi connectivity index (χ3n) is 1.90. The lowest BCUT2D eigenvalue weighted by Gasteiger charge is -2.28. The van der Waals surface area contributed by atoms with Crippen molar-refractivity contribution in [2.75, 3.05) is 54.6 Å². The van der Waals surface area contributed by atoms with Crippen LogP contribution in [-0.2, 0) is 19.2 Å². The molecule has 0 aliphatic rings. The third-order valence-corrected chi connectivity index (χ3v) is 1.90. The molecule has 102 valence electrons. The van der Waals surface area contributed by atoms with Crippen molar-refractivity contribution in [3.8, 4) is 0 Å². The molecule has 0 saturated heterocycles. The number of carbonyl (C=O) groups excluding carboxylic acids is 1. The Kier molecular flexibility index (Phi) is 8.07. The average Bonchev–Trinajstić information content (AvgIpc) is 2.13. The van der Waals surface area contributed by atoms with E-state index in [1.807, 2.05) is 28.2 Å².